The third-order valence-corrected chi connectivity index (χ3v) is 3.32. The fourth-order valence-electron chi connectivity index (χ4n) is 2.09. The standard InChI is InChI=1S/C14H18N2O2/c1-3-9(2)15-14(18)11-8-13(17)16-12-7-5-4-6-10(11)12/h4-7,9,11H,3,8H2,1-2H3,(H,15,18)(H,16,17). The zero-order chi connectivity index (χ0) is 13.1. The van der Waals surface area contributed by atoms with Gasteiger partial charge < -0.3 is 10.6 Å². The number of nitrogens with one attached hydrogen (secondary N) is 2. The maximum absolute atomic E-state index is 12.2. The van der Waals surface area contributed by atoms with Gasteiger partial charge >= 0.3 is 0 Å². The highest BCUT2D eigenvalue weighted by atomic mass is 16.2. The van der Waals surface area contributed by atoms with Crippen LogP contribution in [0.3, 0.4) is 0 Å². The number of para-hydroxylation sites is 1. The van der Waals surface area contributed by atoms with Crippen molar-refractivity contribution in [3.8, 4) is 0 Å². The molecule has 1 aliphatic rings. The molecule has 2 unspecified atom stereocenters. The van der Waals surface area contributed by atoms with Gasteiger partial charge in [0.25, 0.3) is 0 Å². The van der Waals surface area contributed by atoms with E-state index >= 15 is 0 Å². The maximum atomic E-state index is 12.2. The fraction of sp³-hybridized carbons (Fsp3) is 0.429. The van der Waals surface area contributed by atoms with E-state index in [0.717, 1.165) is 17.7 Å². The molecule has 0 fully saturated rings. The van der Waals surface area contributed by atoms with Crippen molar-refractivity contribution in [3.63, 3.8) is 0 Å². The average molecular weight is 246 g/mol. The largest absolute Gasteiger partial charge is 0.353 e. The number of hydrogen-bond donors (Lipinski definition) is 2. The van der Waals surface area contributed by atoms with Gasteiger partial charge in [0.15, 0.2) is 0 Å². The second kappa shape index (κ2) is 5.21. The zero-order valence-corrected chi connectivity index (χ0v) is 10.7. The highest BCUT2D eigenvalue weighted by Gasteiger charge is 2.30. The van der Waals surface area contributed by atoms with Crippen LogP contribution in [0, 0.1) is 0 Å². The van der Waals surface area contributed by atoms with E-state index in [1.807, 2.05) is 38.1 Å². The van der Waals surface area contributed by atoms with Crippen molar-refractivity contribution in [2.24, 2.45) is 0 Å². The van der Waals surface area contributed by atoms with Crippen molar-refractivity contribution in [3.05, 3.63) is 29.8 Å². The predicted molar refractivity (Wildman–Crippen MR) is 70.3 cm³/mol. The lowest BCUT2D eigenvalue weighted by Gasteiger charge is -2.25. The van der Waals surface area contributed by atoms with Crippen LogP contribution < -0.4 is 10.6 Å². The van der Waals surface area contributed by atoms with E-state index in [1.165, 1.54) is 0 Å². The minimum atomic E-state index is -0.371. The van der Waals surface area contributed by atoms with E-state index < -0.39 is 0 Å². The maximum Gasteiger partial charge on any atom is 0.228 e. The molecule has 0 spiro atoms. The Kier molecular flexibility index (Phi) is 3.65. The number of fused-ring (bicyclic) bond motifs is 1. The molecule has 4 heteroatoms. The van der Waals surface area contributed by atoms with E-state index in [-0.39, 0.29) is 30.2 Å². The molecule has 2 amide bonds. The topological polar surface area (TPSA) is 58.2 Å². The summed E-state index contributed by atoms with van der Waals surface area (Å²) in [5, 5.41) is 5.73. The molecule has 1 aromatic rings. The third-order valence-electron chi connectivity index (χ3n) is 3.32. The van der Waals surface area contributed by atoms with Crippen LogP contribution in [0.25, 0.3) is 0 Å². The van der Waals surface area contributed by atoms with E-state index in [4.69, 9.17) is 0 Å². The van der Waals surface area contributed by atoms with Crippen LogP contribution in [0.4, 0.5) is 5.69 Å². The van der Waals surface area contributed by atoms with Crippen molar-refractivity contribution in [2.75, 3.05) is 5.32 Å². The van der Waals surface area contributed by atoms with Crippen LogP contribution in [0.5, 0.6) is 0 Å². The van der Waals surface area contributed by atoms with Gasteiger partial charge in [-0.25, -0.2) is 0 Å². The highest BCUT2D eigenvalue weighted by Crippen LogP contribution is 2.32. The number of amides is 2. The van der Waals surface area contributed by atoms with Gasteiger partial charge in [-0.15, -0.1) is 0 Å². The molecular weight excluding hydrogens is 228 g/mol. The Morgan fingerprint density at radius 2 is 2.22 bits per heavy atom. The van der Waals surface area contributed by atoms with Crippen LogP contribution in [0.15, 0.2) is 24.3 Å². The number of hydrogen-bond acceptors (Lipinski definition) is 2. The van der Waals surface area contributed by atoms with Crippen molar-refractivity contribution in [1.29, 1.82) is 0 Å². The zero-order valence-electron chi connectivity index (χ0n) is 10.7. The van der Waals surface area contributed by atoms with Gasteiger partial charge in [0, 0.05) is 18.2 Å². The fourth-order valence-corrected chi connectivity index (χ4v) is 2.09. The molecule has 0 aliphatic carbocycles. The molecule has 2 rings (SSSR count). The summed E-state index contributed by atoms with van der Waals surface area (Å²) in [7, 11) is 0. The normalized spacial score (nSPS) is 19.7. The van der Waals surface area contributed by atoms with Gasteiger partial charge in [-0.05, 0) is 25.0 Å². The minimum absolute atomic E-state index is 0.0633. The molecule has 2 N–H and O–H groups in total. The van der Waals surface area contributed by atoms with E-state index in [1.54, 1.807) is 0 Å². The third kappa shape index (κ3) is 2.53. The summed E-state index contributed by atoms with van der Waals surface area (Å²) in [4.78, 5) is 23.8. The van der Waals surface area contributed by atoms with Crippen molar-refractivity contribution >= 4 is 17.5 Å². The van der Waals surface area contributed by atoms with Crippen LogP contribution in [0.2, 0.25) is 0 Å². The molecule has 1 aliphatic heterocycles. The van der Waals surface area contributed by atoms with Crippen molar-refractivity contribution < 1.29 is 9.59 Å². The van der Waals surface area contributed by atoms with Gasteiger partial charge in [-0.2, -0.15) is 0 Å². The van der Waals surface area contributed by atoms with Crippen molar-refractivity contribution in [1.82, 2.24) is 5.32 Å². The van der Waals surface area contributed by atoms with Gasteiger partial charge in [0.05, 0.1) is 5.92 Å². The molecule has 1 aromatic carbocycles. The van der Waals surface area contributed by atoms with Gasteiger partial charge in [0.2, 0.25) is 11.8 Å². The molecule has 0 bridgehead atoms. The minimum Gasteiger partial charge on any atom is -0.353 e. The molecular formula is C14H18N2O2. The first kappa shape index (κ1) is 12.6. The molecule has 2 atom stereocenters. The molecule has 0 saturated carbocycles. The smallest absolute Gasteiger partial charge is 0.228 e. The Morgan fingerprint density at radius 1 is 1.50 bits per heavy atom. The molecule has 0 saturated heterocycles. The van der Waals surface area contributed by atoms with E-state index in [2.05, 4.69) is 10.6 Å². The number of anilines is 1. The molecule has 18 heavy (non-hydrogen) atoms. The molecule has 96 valence electrons. The Bertz CT molecular complexity index is 471. The second-order valence-electron chi connectivity index (χ2n) is 4.71. The van der Waals surface area contributed by atoms with E-state index in [0.29, 0.717) is 0 Å². The first-order chi connectivity index (χ1) is 8.61. The van der Waals surface area contributed by atoms with Crippen molar-refractivity contribution in [2.45, 2.75) is 38.6 Å². The Balaban J connectivity index is 2.23. The first-order valence-electron chi connectivity index (χ1n) is 6.31. The lowest BCUT2D eigenvalue weighted by molar-refractivity contribution is -0.126. The van der Waals surface area contributed by atoms with Crippen LogP contribution in [-0.2, 0) is 9.59 Å². The Morgan fingerprint density at radius 3 is 2.94 bits per heavy atom. The number of benzene rings is 1. The lowest BCUT2D eigenvalue weighted by atomic mass is 9.89. The summed E-state index contributed by atoms with van der Waals surface area (Å²) < 4.78 is 0. The van der Waals surface area contributed by atoms with Gasteiger partial charge in [-0.3, -0.25) is 9.59 Å². The number of carbonyl (C=O) groups is 2. The van der Waals surface area contributed by atoms with Gasteiger partial charge in [0.1, 0.15) is 0 Å². The van der Waals surface area contributed by atoms with E-state index in [9.17, 15) is 9.59 Å². The molecule has 0 aromatic heterocycles. The monoisotopic (exact) mass is 246 g/mol. The Labute approximate surface area is 107 Å². The molecule has 1 heterocycles. The van der Waals surface area contributed by atoms with Crippen LogP contribution >= 0.6 is 0 Å². The molecule has 4 nitrogen and oxygen atoms in total. The Hall–Kier alpha value is -1.84. The number of carbonyl (C=O) groups excluding carboxylic acids is 2. The number of rotatable bonds is 3. The van der Waals surface area contributed by atoms with Crippen LogP contribution in [-0.4, -0.2) is 17.9 Å². The SMILES string of the molecule is CCC(C)NC(=O)C1CC(=O)Nc2ccccc21. The quantitative estimate of drug-likeness (QED) is 0.857. The summed E-state index contributed by atoms with van der Waals surface area (Å²) in [6.45, 7) is 3.99. The summed E-state index contributed by atoms with van der Waals surface area (Å²) in [5.74, 6) is -0.534. The molecule has 0 radical (unpaired) electrons. The summed E-state index contributed by atoms with van der Waals surface area (Å²) in [6.07, 6.45) is 1.10. The first-order valence-corrected chi connectivity index (χ1v) is 6.31. The summed E-state index contributed by atoms with van der Waals surface area (Å²) in [6, 6.07) is 7.61. The van der Waals surface area contributed by atoms with Gasteiger partial charge in [-0.1, -0.05) is 25.1 Å². The highest BCUT2D eigenvalue weighted by molar-refractivity contribution is 6.01. The predicted octanol–water partition coefficient (Wildman–Crippen LogP) is 2.03. The lowest BCUT2D eigenvalue weighted by Crippen LogP contribution is -2.39. The summed E-state index contributed by atoms with van der Waals surface area (Å²) in [5.41, 5.74) is 1.65. The second-order valence-corrected chi connectivity index (χ2v) is 4.71. The summed E-state index contributed by atoms with van der Waals surface area (Å²) >= 11 is 0. The average Bonchev–Trinajstić information content (AvgIpc) is 2.37. The van der Waals surface area contributed by atoms with Crippen LogP contribution in [0.1, 0.15) is 38.2 Å².